The molecule has 0 spiro atoms. The van der Waals surface area contributed by atoms with Crippen LogP contribution in [0.25, 0.3) is 0 Å². The average molecular weight is 1590 g/mol. The smallest absolute Gasteiger partial charge is 0.326 e. The van der Waals surface area contributed by atoms with Gasteiger partial charge in [0, 0.05) is 51.4 Å². The number of phenols is 2. The van der Waals surface area contributed by atoms with Gasteiger partial charge in [0.15, 0.2) is 0 Å². The van der Waals surface area contributed by atoms with Gasteiger partial charge in [0.2, 0.25) is 82.7 Å². The third-order valence-corrected chi connectivity index (χ3v) is 17.3. The molecule has 14 amide bonds. The summed E-state index contributed by atoms with van der Waals surface area (Å²) in [6.45, 7) is 6.41. The maximum atomic E-state index is 14.9. The molecule has 26 N–H and O–H groups in total. The molecule has 3 aromatic rings. The second kappa shape index (κ2) is 47.3. The maximum absolute atomic E-state index is 14.9. The van der Waals surface area contributed by atoms with Crippen molar-refractivity contribution in [3.63, 3.8) is 0 Å². The molecule has 0 unspecified atom stereocenters. The molecule has 0 fully saturated rings. The molecule has 0 bridgehead atoms. The van der Waals surface area contributed by atoms with Crippen LogP contribution in [-0.2, 0) is 110 Å². The zero-order valence-electron chi connectivity index (χ0n) is 62.3. The van der Waals surface area contributed by atoms with E-state index in [1.165, 1.54) is 79.7 Å². The van der Waals surface area contributed by atoms with E-state index in [4.69, 9.17) is 22.9 Å². The fraction of sp³-hybridized carbons (Fsp3) is 0.486. The van der Waals surface area contributed by atoms with Crippen molar-refractivity contribution in [2.45, 2.75) is 209 Å². The first-order valence-corrected chi connectivity index (χ1v) is 35.7. The van der Waals surface area contributed by atoms with Gasteiger partial charge in [-0.25, -0.2) is 4.79 Å². The van der Waals surface area contributed by atoms with Crippen molar-refractivity contribution in [2.75, 3.05) is 0 Å². The number of amides is 14. The number of hydrogen-bond acceptors (Lipinski definition) is 22. The lowest BCUT2D eigenvalue weighted by Crippen LogP contribution is -2.62. The maximum Gasteiger partial charge on any atom is 0.326 e. The van der Waals surface area contributed by atoms with Gasteiger partial charge in [-0.3, -0.25) is 86.3 Å². The molecule has 113 heavy (non-hydrogen) atoms. The normalized spacial score (nSPS) is 14.4. The minimum absolute atomic E-state index is 0.104. The Balaban J connectivity index is 2.08. The lowest BCUT2D eigenvalue weighted by molar-refractivity contribution is -0.144. The van der Waals surface area contributed by atoms with E-state index in [-0.39, 0.29) is 36.3 Å². The molecule has 0 heterocycles. The van der Waals surface area contributed by atoms with Crippen molar-refractivity contribution in [2.24, 2.45) is 34.8 Å². The molecule has 0 radical (unpaired) electrons. The van der Waals surface area contributed by atoms with Crippen LogP contribution in [0.4, 0.5) is 0 Å². The van der Waals surface area contributed by atoms with E-state index in [0.29, 0.717) is 11.1 Å². The number of nitrogens with two attached hydrogens (primary N) is 4. The topological polar surface area (TPSA) is 702 Å². The number of carbonyl (C=O) groups is 19. The molecule has 3 rings (SSSR count). The summed E-state index contributed by atoms with van der Waals surface area (Å²) >= 11 is 0. The molecule has 41 heteroatoms. The third-order valence-electron chi connectivity index (χ3n) is 17.3. The number of aliphatic carboxylic acids is 5. The minimum Gasteiger partial charge on any atom is -0.508 e. The number of benzene rings is 3. The van der Waals surface area contributed by atoms with Crippen molar-refractivity contribution in [3.8, 4) is 11.5 Å². The van der Waals surface area contributed by atoms with Crippen LogP contribution in [-0.4, -0.2) is 221 Å². The van der Waals surface area contributed by atoms with Gasteiger partial charge in [0.1, 0.15) is 78.0 Å². The van der Waals surface area contributed by atoms with Crippen LogP contribution in [0.2, 0.25) is 0 Å². The molecule has 13 atom stereocenters. The van der Waals surface area contributed by atoms with Gasteiger partial charge in [-0.05, 0) is 91.3 Å². The number of hydrogen-bond donors (Lipinski definition) is 22. The Labute approximate surface area is 646 Å². The zero-order valence-corrected chi connectivity index (χ0v) is 62.3. The molecular formula is C72H99N15O26. The minimum atomic E-state index is -2.19. The summed E-state index contributed by atoms with van der Waals surface area (Å²) in [5, 5.41) is 94.1. The highest BCUT2D eigenvalue weighted by Gasteiger charge is 2.39. The summed E-state index contributed by atoms with van der Waals surface area (Å²) in [7, 11) is 0. The van der Waals surface area contributed by atoms with Crippen molar-refractivity contribution in [1.82, 2.24) is 58.5 Å². The quantitative estimate of drug-likeness (QED) is 0.0253. The molecule has 0 aliphatic carbocycles. The summed E-state index contributed by atoms with van der Waals surface area (Å²) in [5.41, 5.74) is 22.7. The fourth-order valence-corrected chi connectivity index (χ4v) is 11.0. The van der Waals surface area contributed by atoms with Crippen LogP contribution in [0.5, 0.6) is 11.5 Å². The van der Waals surface area contributed by atoms with Crippen molar-refractivity contribution in [1.29, 1.82) is 0 Å². The van der Waals surface area contributed by atoms with Crippen molar-refractivity contribution in [3.05, 3.63) is 95.6 Å². The Hall–Kier alpha value is -12.8. The standard InChI is InChI=1S/C72H99N15O26/c1-5-36(4)60(71(111)80-43(19-24-53(74)90)63(103)82-48(29-35(2)3)66(106)83-51(32-39-13-17-41(89)18-14-39)68(108)81-47(72(112)113)23-28-58(97)98)87-65(105)44(20-25-54(75)91)79-67(107)50(31-38-11-15-40(88)16-12-38)84-69(109)49(30-37-9-7-6-8-10-37)85-70(110)52(34-59(99)100)86-64(104)46(22-27-57(95)96)78-62(102)45(21-26-56(93)94)77-61(101)42(73)33-55(76)92/h6-18,35-36,42-52,60,88-89H,5,19-34,73H2,1-4H3,(H2,74,90)(H2,75,91)(H2,76,92)(H,77,101)(H,78,102)(H,79,107)(H,80,111)(H,81,108)(H,82,103)(H,83,106)(H,84,109)(H,85,110)(H,86,104)(H,87,105)(H,93,94)(H,95,96)(H,97,98)(H,99,100)(H,112,113)/t36-,42-,43-,44-,45-,46-,47-,48-,49-,50-,51-,52-,60-/m0/s1. The lowest BCUT2D eigenvalue weighted by atomic mass is 9.96. The van der Waals surface area contributed by atoms with Gasteiger partial charge in [-0.15, -0.1) is 0 Å². The Kier molecular flexibility index (Phi) is 39.5. The summed E-state index contributed by atoms with van der Waals surface area (Å²) < 4.78 is 0. The van der Waals surface area contributed by atoms with Crippen LogP contribution in [0.15, 0.2) is 78.9 Å². The van der Waals surface area contributed by atoms with E-state index in [9.17, 15) is 127 Å². The highest BCUT2D eigenvalue weighted by Crippen LogP contribution is 2.18. The van der Waals surface area contributed by atoms with E-state index < -0.39 is 287 Å². The van der Waals surface area contributed by atoms with E-state index in [1.54, 1.807) is 26.8 Å². The average Bonchev–Trinajstić information content (AvgIpc) is 0.846. The van der Waals surface area contributed by atoms with Gasteiger partial charge in [0.25, 0.3) is 0 Å². The Morgan fingerprint density at radius 1 is 0.327 bits per heavy atom. The van der Waals surface area contributed by atoms with E-state index in [2.05, 4.69) is 58.5 Å². The van der Waals surface area contributed by atoms with E-state index in [0.717, 1.165) is 0 Å². The first kappa shape index (κ1) is 94.4. The van der Waals surface area contributed by atoms with Crippen LogP contribution in [0, 0.1) is 11.8 Å². The molecule has 0 aromatic heterocycles. The van der Waals surface area contributed by atoms with Crippen LogP contribution < -0.4 is 81.4 Å². The number of primary amides is 3. The third kappa shape index (κ3) is 35.6. The Morgan fingerprint density at radius 3 is 0.982 bits per heavy atom. The molecule has 0 aliphatic rings. The molecule has 618 valence electrons. The highest BCUT2D eigenvalue weighted by molar-refractivity contribution is 6.01. The van der Waals surface area contributed by atoms with Crippen molar-refractivity contribution < 1.29 is 127 Å². The summed E-state index contributed by atoms with van der Waals surface area (Å²) in [6, 6.07) is -3.46. The highest BCUT2D eigenvalue weighted by atomic mass is 16.4. The van der Waals surface area contributed by atoms with E-state index >= 15 is 0 Å². The number of phenolic OH excluding ortho intramolecular Hbond substituents is 2. The summed E-state index contributed by atoms with van der Waals surface area (Å²) in [4.78, 5) is 253. The molecule has 41 nitrogen and oxygen atoms in total. The van der Waals surface area contributed by atoms with Gasteiger partial charge < -0.3 is 117 Å². The van der Waals surface area contributed by atoms with Crippen LogP contribution in [0.3, 0.4) is 0 Å². The second-order valence-electron chi connectivity index (χ2n) is 27.1. The molecular weight excluding hydrogens is 1490 g/mol. The number of carboxylic acid groups (broad SMARTS) is 5. The molecule has 3 aromatic carbocycles. The summed E-state index contributed by atoms with van der Waals surface area (Å²) in [6.07, 6.45) is -10.0. The van der Waals surface area contributed by atoms with Crippen molar-refractivity contribution >= 4 is 113 Å². The predicted octanol–water partition coefficient (Wildman–Crippen LogP) is -4.56. The molecule has 0 aliphatic heterocycles. The predicted molar refractivity (Wildman–Crippen MR) is 393 cm³/mol. The molecule has 0 saturated heterocycles. The summed E-state index contributed by atoms with van der Waals surface area (Å²) in [5.74, 6) is -25.7. The largest absolute Gasteiger partial charge is 0.508 e. The fourth-order valence-electron chi connectivity index (χ4n) is 11.0. The first-order valence-electron chi connectivity index (χ1n) is 35.7. The SMILES string of the molecule is CC[C@H](C)[C@H](NC(=O)[C@H](CCC(N)=O)NC(=O)[C@H](Cc1ccc(O)cc1)NC(=O)[C@H](Cc1ccccc1)NC(=O)[C@H](CC(=O)O)NC(=O)[C@H](CCC(=O)O)NC(=O)[C@H](CCC(=O)O)NC(=O)[C@@H](N)CC(N)=O)C(=O)N[C@@H](CCC(N)=O)C(=O)N[C@@H](CC(C)C)C(=O)N[C@@H](Cc1ccc(O)cc1)C(=O)N[C@@H](CCC(=O)O)C(=O)O. The second-order valence-corrected chi connectivity index (χ2v) is 27.1. The van der Waals surface area contributed by atoms with Gasteiger partial charge in [-0.2, -0.15) is 0 Å². The number of rotatable bonds is 52. The number of nitrogens with one attached hydrogen (secondary N) is 11. The zero-order chi connectivity index (χ0) is 84.9. The van der Waals surface area contributed by atoms with Gasteiger partial charge >= 0.3 is 29.8 Å². The monoisotopic (exact) mass is 1590 g/mol. The first-order chi connectivity index (χ1) is 53.0. The Morgan fingerprint density at radius 2 is 0.628 bits per heavy atom. The number of carbonyl (C=O) groups excluding carboxylic acids is 14. The van der Waals surface area contributed by atoms with Crippen LogP contribution >= 0.6 is 0 Å². The molecule has 0 saturated carbocycles. The number of aromatic hydroxyl groups is 2. The van der Waals surface area contributed by atoms with Gasteiger partial charge in [0.05, 0.1) is 18.9 Å². The Bertz CT molecular complexity index is 3880. The lowest BCUT2D eigenvalue weighted by Gasteiger charge is -2.30. The van der Waals surface area contributed by atoms with Gasteiger partial charge in [-0.1, -0.05) is 88.7 Å². The van der Waals surface area contributed by atoms with E-state index in [1.807, 2.05) is 0 Å². The number of carboxylic acids is 5. The van der Waals surface area contributed by atoms with Crippen LogP contribution in [0.1, 0.15) is 134 Å².